The second kappa shape index (κ2) is 3.45. The first kappa shape index (κ1) is 8.16. The summed E-state index contributed by atoms with van der Waals surface area (Å²) < 4.78 is 4.80. The van der Waals surface area contributed by atoms with Gasteiger partial charge in [-0.3, -0.25) is 0 Å². The molecule has 0 fully saturated rings. The van der Waals surface area contributed by atoms with Crippen LogP contribution in [0, 0.1) is 0 Å². The van der Waals surface area contributed by atoms with Crippen molar-refractivity contribution in [2.24, 2.45) is 0 Å². The van der Waals surface area contributed by atoms with Gasteiger partial charge in [-0.15, -0.1) is 0 Å². The van der Waals surface area contributed by atoms with E-state index in [1.807, 2.05) is 19.0 Å². The van der Waals surface area contributed by atoms with Crippen LogP contribution < -0.4 is 0 Å². The summed E-state index contributed by atoms with van der Waals surface area (Å²) in [5, 5.41) is 12.1. The predicted octanol–water partition coefficient (Wildman–Crippen LogP) is -0.377. The highest BCUT2D eigenvalue weighted by Crippen LogP contribution is 1.98. The van der Waals surface area contributed by atoms with Crippen molar-refractivity contribution < 1.29 is 9.63 Å². The van der Waals surface area contributed by atoms with Crippen molar-refractivity contribution in [3.05, 3.63) is 11.7 Å². The fraction of sp³-hybridized carbons (Fsp3) is 0.667. The number of nitrogens with zero attached hydrogens (tertiary/aromatic N) is 3. The average Bonchev–Trinajstić information content (AvgIpc) is 2.34. The molecule has 1 heterocycles. The van der Waals surface area contributed by atoms with E-state index in [1.54, 1.807) is 0 Å². The quantitative estimate of drug-likeness (QED) is 0.648. The van der Waals surface area contributed by atoms with Gasteiger partial charge in [0.15, 0.2) is 5.82 Å². The second-order valence-corrected chi connectivity index (χ2v) is 2.50. The zero-order valence-electron chi connectivity index (χ0n) is 6.61. The van der Waals surface area contributed by atoms with Crippen LogP contribution in [0.1, 0.15) is 11.7 Å². The van der Waals surface area contributed by atoms with Gasteiger partial charge in [-0.2, -0.15) is 4.98 Å². The molecule has 11 heavy (non-hydrogen) atoms. The maximum absolute atomic E-state index is 8.59. The number of aliphatic hydroxyl groups is 1. The summed E-state index contributed by atoms with van der Waals surface area (Å²) in [6.07, 6.45) is 0. The monoisotopic (exact) mass is 157 g/mol. The van der Waals surface area contributed by atoms with Crippen LogP contribution in [-0.2, 0) is 13.2 Å². The standard InChI is InChI=1S/C6H11N3O2/c1-9(2)3-6-7-5(4-10)8-11-6/h10H,3-4H2,1-2H3. The Balaban J connectivity index is 2.58. The lowest BCUT2D eigenvalue weighted by Crippen LogP contribution is -2.10. The fourth-order valence-corrected chi connectivity index (χ4v) is 0.689. The molecule has 1 aromatic heterocycles. The van der Waals surface area contributed by atoms with Crippen molar-refractivity contribution in [3.8, 4) is 0 Å². The van der Waals surface area contributed by atoms with Gasteiger partial charge in [0.1, 0.15) is 6.61 Å². The molecule has 1 aromatic rings. The third-order valence-electron chi connectivity index (χ3n) is 1.10. The van der Waals surface area contributed by atoms with E-state index in [9.17, 15) is 0 Å². The van der Waals surface area contributed by atoms with Gasteiger partial charge in [-0.1, -0.05) is 5.16 Å². The summed E-state index contributed by atoms with van der Waals surface area (Å²) >= 11 is 0. The molecule has 0 aromatic carbocycles. The number of hydrogen-bond acceptors (Lipinski definition) is 5. The Labute approximate surface area is 64.6 Å². The first-order valence-electron chi connectivity index (χ1n) is 3.29. The lowest BCUT2D eigenvalue weighted by Gasteiger charge is -2.02. The molecular weight excluding hydrogens is 146 g/mol. The first-order chi connectivity index (χ1) is 5.22. The van der Waals surface area contributed by atoms with Crippen LogP contribution in [0.15, 0.2) is 4.52 Å². The fourth-order valence-electron chi connectivity index (χ4n) is 0.689. The zero-order chi connectivity index (χ0) is 8.27. The molecule has 1 N–H and O–H groups in total. The Hall–Kier alpha value is -0.940. The highest BCUT2D eigenvalue weighted by atomic mass is 16.5. The molecule has 0 bridgehead atoms. The first-order valence-corrected chi connectivity index (χ1v) is 3.29. The molecule has 1 rings (SSSR count). The molecule has 0 spiro atoms. The zero-order valence-corrected chi connectivity index (χ0v) is 6.61. The van der Waals surface area contributed by atoms with E-state index in [1.165, 1.54) is 0 Å². The van der Waals surface area contributed by atoms with E-state index < -0.39 is 0 Å². The summed E-state index contributed by atoms with van der Waals surface area (Å²) in [5.74, 6) is 0.862. The summed E-state index contributed by atoms with van der Waals surface area (Å²) in [6.45, 7) is 0.434. The minimum Gasteiger partial charge on any atom is -0.388 e. The Morgan fingerprint density at radius 1 is 1.55 bits per heavy atom. The maximum Gasteiger partial charge on any atom is 0.240 e. The van der Waals surface area contributed by atoms with Crippen molar-refractivity contribution in [2.75, 3.05) is 14.1 Å². The number of rotatable bonds is 3. The van der Waals surface area contributed by atoms with E-state index in [4.69, 9.17) is 9.63 Å². The molecule has 0 unspecified atom stereocenters. The van der Waals surface area contributed by atoms with E-state index in [-0.39, 0.29) is 6.61 Å². The summed E-state index contributed by atoms with van der Waals surface area (Å²) in [7, 11) is 3.81. The highest BCUT2D eigenvalue weighted by molar-refractivity contribution is 4.83. The van der Waals surface area contributed by atoms with Gasteiger partial charge >= 0.3 is 0 Å². The minimum atomic E-state index is -0.170. The topological polar surface area (TPSA) is 62.4 Å². The Morgan fingerprint density at radius 2 is 2.27 bits per heavy atom. The van der Waals surface area contributed by atoms with Gasteiger partial charge < -0.3 is 14.5 Å². The Morgan fingerprint density at radius 3 is 2.73 bits per heavy atom. The maximum atomic E-state index is 8.59. The third kappa shape index (κ3) is 2.28. The smallest absolute Gasteiger partial charge is 0.240 e. The van der Waals surface area contributed by atoms with Crippen molar-refractivity contribution in [1.29, 1.82) is 0 Å². The van der Waals surface area contributed by atoms with Crippen LogP contribution in [0.3, 0.4) is 0 Å². The Kier molecular flexibility index (Phi) is 2.56. The van der Waals surface area contributed by atoms with Gasteiger partial charge in [0.2, 0.25) is 5.89 Å². The number of aromatic nitrogens is 2. The average molecular weight is 157 g/mol. The molecule has 0 saturated carbocycles. The van der Waals surface area contributed by atoms with Crippen LogP contribution in [-0.4, -0.2) is 34.2 Å². The van der Waals surface area contributed by atoms with Gasteiger partial charge in [0.25, 0.3) is 0 Å². The molecule has 0 atom stereocenters. The van der Waals surface area contributed by atoms with Crippen molar-refractivity contribution in [1.82, 2.24) is 15.0 Å². The van der Waals surface area contributed by atoms with Crippen molar-refractivity contribution in [3.63, 3.8) is 0 Å². The van der Waals surface area contributed by atoms with Crippen LogP contribution in [0.4, 0.5) is 0 Å². The predicted molar refractivity (Wildman–Crippen MR) is 37.6 cm³/mol. The minimum absolute atomic E-state index is 0.170. The number of aliphatic hydroxyl groups excluding tert-OH is 1. The summed E-state index contributed by atoms with van der Waals surface area (Å²) in [6, 6.07) is 0. The van der Waals surface area contributed by atoms with E-state index in [0.717, 1.165) is 0 Å². The number of hydrogen-bond donors (Lipinski definition) is 1. The van der Waals surface area contributed by atoms with E-state index in [2.05, 4.69) is 10.1 Å². The lowest BCUT2D eigenvalue weighted by molar-refractivity contribution is 0.260. The van der Waals surface area contributed by atoms with E-state index >= 15 is 0 Å². The molecule has 62 valence electrons. The third-order valence-corrected chi connectivity index (χ3v) is 1.10. The summed E-state index contributed by atoms with van der Waals surface area (Å²) in [4.78, 5) is 5.81. The molecule has 0 aliphatic rings. The van der Waals surface area contributed by atoms with Gasteiger partial charge in [-0.05, 0) is 14.1 Å². The van der Waals surface area contributed by atoms with E-state index in [0.29, 0.717) is 18.3 Å². The molecule has 0 radical (unpaired) electrons. The molecule has 0 amide bonds. The van der Waals surface area contributed by atoms with Crippen LogP contribution in [0.2, 0.25) is 0 Å². The Bertz CT molecular complexity index is 221. The second-order valence-electron chi connectivity index (χ2n) is 2.50. The molecule has 5 heteroatoms. The highest BCUT2D eigenvalue weighted by Gasteiger charge is 2.04. The molecule has 0 aliphatic heterocycles. The molecular formula is C6H11N3O2. The normalized spacial score (nSPS) is 10.9. The van der Waals surface area contributed by atoms with Crippen LogP contribution in [0.5, 0.6) is 0 Å². The molecule has 5 nitrogen and oxygen atoms in total. The molecule has 0 aliphatic carbocycles. The van der Waals surface area contributed by atoms with Gasteiger partial charge in [-0.25, -0.2) is 0 Å². The van der Waals surface area contributed by atoms with Crippen molar-refractivity contribution >= 4 is 0 Å². The lowest BCUT2D eigenvalue weighted by atomic mass is 10.6. The molecule has 0 saturated heterocycles. The summed E-state index contributed by atoms with van der Waals surface area (Å²) in [5.41, 5.74) is 0. The van der Waals surface area contributed by atoms with Crippen molar-refractivity contribution in [2.45, 2.75) is 13.2 Å². The SMILES string of the molecule is CN(C)Cc1nc(CO)no1. The van der Waals surface area contributed by atoms with Crippen LogP contribution >= 0.6 is 0 Å². The van der Waals surface area contributed by atoms with Gasteiger partial charge in [0.05, 0.1) is 6.54 Å². The van der Waals surface area contributed by atoms with Gasteiger partial charge in [0, 0.05) is 0 Å². The van der Waals surface area contributed by atoms with Crippen LogP contribution in [0.25, 0.3) is 0 Å². The largest absolute Gasteiger partial charge is 0.388 e.